The summed E-state index contributed by atoms with van der Waals surface area (Å²) in [5, 5.41) is 16.8. The van der Waals surface area contributed by atoms with E-state index in [9.17, 15) is 4.79 Å². The number of hydrogen-bond acceptors (Lipinski definition) is 3. The summed E-state index contributed by atoms with van der Waals surface area (Å²) in [6, 6.07) is 0.365. The van der Waals surface area contributed by atoms with E-state index < -0.39 is 5.97 Å². The molecule has 2 unspecified atom stereocenters. The lowest BCUT2D eigenvalue weighted by atomic mass is 9.86. The third-order valence-electron chi connectivity index (χ3n) is 3.57. The van der Waals surface area contributed by atoms with Crippen LogP contribution in [0, 0.1) is 12.8 Å². The molecule has 0 amide bonds. The maximum atomic E-state index is 11.0. The Kier molecular flexibility index (Phi) is 4.18. The first-order valence-corrected chi connectivity index (χ1v) is 7.09. The van der Waals surface area contributed by atoms with Crippen LogP contribution in [-0.2, 0) is 11.3 Å². The predicted octanol–water partition coefficient (Wildman–Crippen LogP) is 2.79. The van der Waals surface area contributed by atoms with E-state index >= 15 is 0 Å². The number of carboxylic acid groups (broad SMARTS) is 1. The van der Waals surface area contributed by atoms with Crippen molar-refractivity contribution in [3.8, 4) is 0 Å². The average molecular weight is 253 g/mol. The van der Waals surface area contributed by atoms with Crippen LogP contribution in [-0.4, -0.2) is 17.1 Å². The molecule has 1 fully saturated rings. The van der Waals surface area contributed by atoms with E-state index in [1.54, 1.807) is 11.3 Å². The lowest BCUT2D eigenvalue weighted by molar-refractivity contribution is -0.143. The zero-order chi connectivity index (χ0) is 12.3. The van der Waals surface area contributed by atoms with Gasteiger partial charge >= 0.3 is 5.97 Å². The molecule has 0 saturated heterocycles. The summed E-state index contributed by atoms with van der Waals surface area (Å²) in [5.41, 5.74) is 2.67. The molecule has 0 bridgehead atoms. The molecule has 1 aliphatic carbocycles. The molecule has 94 valence electrons. The van der Waals surface area contributed by atoms with Gasteiger partial charge in [-0.2, -0.15) is 11.3 Å². The Morgan fingerprint density at radius 1 is 1.53 bits per heavy atom. The van der Waals surface area contributed by atoms with Crippen molar-refractivity contribution in [2.75, 3.05) is 0 Å². The molecule has 4 heteroatoms. The molecule has 0 spiro atoms. The third kappa shape index (κ3) is 3.30. The van der Waals surface area contributed by atoms with Crippen LogP contribution in [0.3, 0.4) is 0 Å². The van der Waals surface area contributed by atoms with Crippen LogP contribution in [0.2, 0.25) is 0 Å². The van der Waals surface area contributed by atoms with Gasteiger partial charge in [-0.05, 0) is 48.1 Å². The molecule has 1 aromatic heterocycles. The zero-order valence-electron chi connectivity index (χ0n) is 10.1. The fraction of sp³-hybridized carbons (Fsp3) is 0.615. The SMILES string of the molecule is Cc1cscc1CNC1CCCC(C(=O)O)C1. The summed E-state index contributed by atoms with van der Waals surface area (Å²) in [6.45, 7) is 2.99. The molecule has 2 N–H and O–H groups in total. The summed E-state index contributed by atoms with van der Waals surface area (Å²) >= 11 is 1.72. The smallest absolute Gasteiger partial charge is 0.306 e. The second-order valence-corrected chi connectivity index (χ2v) is 5.60. The molecule has 0 radical (unpaired) electrons. The summed E-state index contributed by atoms with van der Waals surface area (Å²) < 4.78 is 0. The number of carbonyl (C=O) groups is 1. The molecular weight excluding hydrogens is 234 g/mol. The van der Waals surface area contributed by atoms with Gasteiger partial charge in [0.1, 0.15) is 0 Å². The van der Waals surface area contributed by atoms with Gasteiger partial charge in [-0.3, -0.25) is 4.79 Å². The molecule has 3 nitrogen and oxygen atoms in total. The highest BCUT2D eigenvalue weighted by molar-refractivity contribution is 7.08. The Balaban J connectivity index is 1.83. The van der Waals surface area contributed by atoms with Gasteiger partial charge in [0.2, 0.25) is 0 Å². The van der Waals surface area contributed by atoms with Crippen molar-refractivity contribution >= 4 is 17.3 Å². The fourth-order valence-electron chi connectivity index (χ4n) is 2.42. The van der Waals surface area contributed by atoms with Gasteiger partial charge in [0.15, 0.2) is 0 Å². The zero-order valence-corrected chi connectivity index (χ0v) is 10.9. The molecule has 0 aromatic carbocycles. The Morgan fingerprint density at radius 2 is 2.35 bits per heavy atom. The van der Waals surface area contributed by atoms with Crippen LogP contribution in [0.5, 0.6) is 0 Å². The maximum Gasteiger partial charge on any atom is 0.306 e. The lowest BCUT2D eigenvalue weighted by Crippen LogP contribution is -2.36. The Morgan fingerprint density at radius 3 is 3.00 bits per heavy atom. The van der Waals surface area contributed by atoms with E-state index in [1.165, 1.54) is 11.1 Å². The third-order valence-corrected chi connectivity index (χ3v) is 4.48. The molecule has 1 aliphatic rings. The Bertz CT molecular complexity index is 389. The minimum absolute atomic E-state index is 0.148. The van der Waals surface area contributed by atoms with E-state index in [0.717, 1.165) is 32.2 Å². The van der Waals surface area contributed by atoms with Gasteiger partial charge in [0, 0.05) is 12.6 Å². The minimum atomic E-state index is -0.636. The Hall–Kier alpha value is -0.870. The molecule has 1 heterocycles. The van der Waals surface area contributed by atoms with Gasteiger partial charge in [0.05, 0.1) is 5.92 Å². The highest BCUT2D eigenvalue weighted by atomic mass is 32.1. The van der Waals surface area contributed by atoms with Crippen LogP contribution in [0.1, 0.15) is 36.8 Å². The number of rotatable bonds is 4. The molecule has 2 rings (SSSR count). The number of aliphatic carboxylic acids is 1. The number of aryl methyl sites for hydroxylation is 1. The summed E-state index contributed by atoms with van der Waals surface area (Å²) in [7, 11) is 0. The molecule has 2 atom stereocenters. The van der Waals surface area contributed by atoms with Crippen LogP contribution in [0.4, 0.5) is 0 Å². The summed E-state index contributed by atoms with van der Waals surface area (Å²) in [6.07, 6.45) is 3.74. The first-order chi connectivity index (χ1) is 8.16. The van der Waals surface area contributed by atoms with Gasteiger partial charge in [-0.15, -0.1) is 0 Å². The quantitative estimate of drug-likeness (QED) is 0.867. The van der Waals surface area contributed by atoms with E-state index in [1.807, 2.05) is 0 Å². The van der Waals surface area contributed by atoms with Crippen LogP contribution >= 0.6 is 11.3 Å². The largest absolute Gasteiger partial charge is 0.481 e. The topological polar surface area (TPSA) is 49.3 Å². The average Bonchev–Trinajstić information content (AvgIpc) is 2.72. The molecule has 1 aromatic rings. The Labute approximate surface area is 106 Å². The van der Waals surface area contributed by atoms with E-state index in [-0.39, 0.29) is 5.92 Å². The van der Waals surface area contributed by atoms with Gasteiger partial charge in [-0.1, -0.05) is 6.42 Å². The van der Waals surface area contributed by atoms with Crippen molar-refractivity contribution in [3.63, 3.8) is 0 Å². The van der Waals surface area contributed by atoms with Crippen molar-refractivity contribution in [2.45, 2.75) is 45.2 Å². The fourth-order valence-corrected chi connectivity index (χ4v) is 3.28. The summed E-state index contributed by atoms with van der Waals surface area (Å²) in [4.78, 5) is 11.0. The van der Waals surface area contributed by atoms with Crippen molar-refractivity contribution in [1.82, 2.24) is 5.32 Å². The van der Waals surface area contributed by atoms with Crippen molar-refractivity contribution in [1.29, 1.82) is 0 Å². The van der Waals surface area contributed by atoms with E-state index in [2.05, 4.69) is 23.0 Å². The van der Waals surface area contributed by atoms with Gasteiger partial charge in [0.25, 0.3) is 0 Å². The van der Waals surface area contributed by atoms with Gasteiger partial charge < -0.3 is 10.4 Å². The lowest BCUT2D eigenvalue weighted by Gasteiger charge is -2.27. The number of hydrogen-bond donors (Lipinski definition) is 2. The standard InChI is InChI=1S/C13H19NO2S/c1-9-7-17-8-11(9)6-14-12-4-2-3-10(5-12)13(15)16/h7-8,10,12,14H,2-6H2,1H3,(H,15,16). The monoisotopic (exact) mass is 253 g/mol. The molecular formula is C13H19NO2S. The normalized spacial score (nSPS) is 24.8. The predicted molar refractivity (Wildman–Crippen MR) is 69.3 cm³/mol. The van der Waals surface area contributed by atoms with Crippen molar-refractivity contribution in [3.05, 3.63) is 21.9 Å². The second-order valence-electron chi connectivity index (χ2n) is 4.86. The van der Waals surface area contributed by atoms with Crippen LogP contribution in [0.15, 0.2) is 10.8 Å². The first-order valence-electron chi connectivity index (χ1n) is 6.14. The second kappa shape index (κ2) is 5.65. The number of nitrogens with one attached hydrogen (secondary N) is 1. The molecule has 17 heavy (non-hydrogen) atoms. The van der Waals surface area contributed by atoms with Crippen LogP contribution < -0.4 is 5.32 Å². The van der Waals surface area contributed by atoms with Crippen molar-refractivity contribution < 1.29 is 9.90 Å². The summed E-state index contributed by atoms with van der Waals surface area (Å²) in [5.74, 6) is -0.784. The van der Waals surface area contributed by atoms with E-state index in [0.29, 0.717) is 6.04 Å². The number of thiophene rings is 1. The first kappa shape index (κ1) is 12.6. The highest BCUT2D eigenvalue weighted by Crippen LogP contribution is 2.25. The van der Waals surface area contributed by atoms with Crippen molar-refractivity contribution in [2.24, 2.45) is 5.92 Å². The maximum absolute atomic E-state index is 11.0. The number of carboxylic acids is 1. The van der Waals surface area contributed by atoms with E-state index in [4.69, 9.17) is 5.11 Å². The van der Waals surface area contributed by atoms with Crippen LogP contribution in [0.25, 0.3) is 0 Å². The molecule has 1 saturated carbocycles. The molecule has 0 aliphatic heterocycles. The highest BCUT2D eigenvalue weighted by Gasteiger charge is 2.26. The minimum Gasteiger partial charge on any atom is -0.481 e. The van der Waals surface area contributed by atoms with Gasteiger partial charge in [-0.25, -0.2) is 0 Å².